The van der Waals surface area contributed by atoms with E-state index in [-0.39, 0.29) is 27.1 Å². The van der Waals surface area contributed by atoms with Crippen LogP contribution in [0.2, 0.25) is 5.02 Å². The first-order valence-electron chi connectivity index (χ1n) is 8.50. The number of nitrogens with one attached hydrogen (secondary N) is 2. The van der Waals surface area contributed by atoms with Crippen LogP contribution < -0.4 is 10.6 Å². The molecule has 0 heterocycles. The van der Waals surface area contributed by atoms with Gasteiger partial charge in [0.05, 0.1) is 16.0 Å². The number of halogens is 1. The number of urea groups is 1. The smallest absolute Gasteiger partial charge is 0.319 e. The van der Waals surface area contributed by atoms with Crippen molar-refractivity contribution in [3.63, 3.8) is 0 Å². The quantitative estimate of drug-likeness (QED) is 0.688. The van der Waals surface area contributed by atoms with Crippen LogP contribution in [-0.2, 0) is 9.84 Å². The predicted molar refractivity (Wildman–Crippen MR) is 96.9 cm³/mol. The highest BCUT2D eigenvalue weighted by atomic mass is 35.5. The number of phenols is 1. The van der Waals surface area contributed by atoms with Crippen molar-refractivity contribution in [2.24, 2.45) is 5.41 Å². The molecule has 2 fully saturated rings. The van der Waals surface area contributed by atoms with Crippen LogP contribution in [0.3, 0.4) is 0 Å². The Kier molecular flexibility index (Phi) is 4.66. The van der Waals surface area contributed by atoms with E-state index in [1.165, 1.54) is 26.0 Å². The average molecular weight is 387 g/mol. The summed E-state index contributed by atoms with van der Waals surface area (Å²) in [4.78, 5) is 12.0. The fraction of sp³-hybridized carbons (Fsp3) is 0.588. The van der Waals surface area contributed by atoms with Crippen molar-refractivity contribution in [3.8, 4) is 5.75 Å². The van der Waals surface area contributed by atoms with E-state index in [9.17, 15) is 18.3 Å². The molecule has 2 aliphatic carbocycles. The lowest BCUT2D eigenvalue weighted by atomic mass is 10.0. The average Bonchev–Trinajstić information content (AvgIpc) is 3.19. The molecule has 3 rings (SSSR count). The van der Waals surface area contributed by atoms with Gasteiger partial charge in [0.1, 0.15) is 4.90 Å². The Morgan fingerprint density at radius 1 is 1.32 bits per heavy atom. The molecule has 1 aromatic rings. The van der Waals surface area contributed by atoms with Gasteiger partial charge < -0.3 is 15.7 Å². The third-order valence-electron chi connectivity index (χ3n) is 5.34. The number of aromatic hydroxyl groups is 1. The maximum atomic E-state index is 12.4. The number of rotatable bonds is 4. The van der Waals surface area contributed by atoms with Crippen LogP contribution in [0.25, 0.3) is 0 Å². The predicted octanol–water partition coefficient (Wildman–Crippen LogP) is 3.68. The topological polar surface area (TPSA) is 95.5 Å². The lowest BCUT2D eigenvalue weighted by Crippen LogP contribution is -2.40. The highest BCUT2D eigenvalue weighted by Crippen LogP contribution is 2.57. The zero-order chi connectivity index (χ0) is 18.4. The van der Waals surface area contributed by atoms with Crippen molar-refractivity contribution in [1.82, 2.24) is 5.32 Å². The van der Waals surface area contributed by atoms with Crippen molar-refractivity contribution < 1.29 is 18.3 Å². The molecule has 0 aliphatic heterocycles. The molecule has 138 valence electrons. The Morgan fingerprint density at radius 3 is 2.60 bits per heavy atom. The van der Waals surface area contributed by atoms with E-state index in [2.05, 4.69) is 10.6 Å². The van der Waals surface area contributed by atoms with Crippen molar-refractivity contribution in [2.45, 2.75) is 62.1 Å². The summed E-state index contributed by atoms with van der Waals surface area (Å²) in [6.45, 7) is 3.01. The molecular weight excluding hydrogens is 364 g/mol. The van der Waals surface area contributed by atoms with E-state index in [0.29, 0.717) is 0 Å². The third kappa shape index (κ3) is 3.31. The zero-order valence-corrected chi connectivity index (χ0v) is 15.9. The van der Waals surface area contributed by atoms with Gasteiger partial charge in [-0.25, -0.2) is 13.2 Å². The molecule has 0 aromatic heterocycles. The lowest BCUT2D eigenvalue weighted by Gasteiger charge is -2.21. The molecule has 6 nitrogen and oxygen atoms in total. The maximum absolute atomic E-state index is 12.4. The molecule has 2 amide bonds. The second-order valence-electron chi connectivity index (χ2n) is 7.27. The molecule has 0 bridgehead atoms. The van der Waals surface area contributed by atoms with Crippen LogP contribution in [0.15, 0.2) is 17.0 Å². The highest BCUT2D eigenvalue weighted by Gasteiger charge is 2.52. The Labute approximate surface area is 152 Å². The molecule has 1 spiro atoms. The Hall–Kier alpha value is -1.47. The summed E-state index contributed by atoms with van der Waals surface area (Å²) in [5.41, 5.74) is 0.287. The molecular formula is C17H23ClN2O4S. The monoisotopic (exact) mass is 386 g/mol. The second-order valence-corrected chi connectivity index (χ2v) is 10.1. The van der Waals surface area contributed by atoms with E-state index < -0.39 is 26.9 Å². The van der Waals surface area contributed by atoms with E-state index in [4.69, 9.17) is 11.6 Å². The van der Waals surface area contributed by atoms with Crippen LogP contribution in [0, 0.1) is 5.41 Å². The molecule has 2 saturated carbocycles. The van der Waals surface area contributed by atoms with Crippen molar-refractivity contribution in [1.29, 1.82) is 0 Å². The first kappa shape index (κ1) is 18.3. The van der Waals surface area contributed by atoms with Crippen LogP contribution in [0.5, 0.6) is 5.75 Å². The number of anilines is 1. The Balaban J connectivity index is 1.80. The van der Waals surface area contributed by atoms with Crippen LogP contribution in [0.4, 0.5) is 10.5 Å². The number of carbonyl (C=O) groups is 1. The Bertz CT molecular complexity index is 803. The number of hydrogen-bond acceptors (Lipinski definition) is 4. The SMILES string of the molecule is CC(C)S(=O)(=O)c1c(Cl)ccc(NC(=O)NC2CCCC23CC3)c1O. The minimum atomic E-state index is -3.78. The summed E-state index contributed by atoms with van der Waals surface area (Å²) in [7, 11) is -3.78. The van der Waals surface area contributed by atoms with Crippen molar-refractivity contribution in [2.75, 3.05) is 5.32 Å². The van der Waals surface area contributed by atoms with Gasteiger partial charge in [0.15, 0.2) is 15.6 Å². The molecule has 25 heavy (non-hydrogen) atoms. The van der Waals surface area contributed by atoms with E-state index >= 15 is 0 Å². The molecule has 1 unspecified atom stereocenters. The van der Waals surface area contributed by atoms with Gasteiger partial charge in [-0.3, -0.25) is 0 Å². The van der Waals surface area contributed by atoms with Gasteiger partial charge in [-0.05, 0) is 57.1 Å². The summed E-state index contributed by atoms with van der Waals surface area (Å²) >= 11 is 5.98. The molecule has 0 radical (unpaired) electrons. The summed E-state index contributed by atoms with van der Waals surface area (Å²) in [5, 5.41) is 15.1. The maximum Gasteiger partial charge on any atom is 0.319 e. The normalized spacial score (nSPS) is 21.5. The van der Waals surface area contributed by atoms with E-state index in [1.54, 1.807) is 0 Å². The van der Waals surface area contributed by atoms with Gasteiger partial charge in [0.25, 0.3) is 0 Å². The number of amides is 2. The van der Waals surface area contributed by atoms with Crippen molar-refractivity contribution in [3.05, 3.63) is 17.2 Å². The molecule has 2 aliphatic rings. The van der Waals surface area contributed by atoms with E-state index in [1.807, 2.05) is 0 Å². The van der Waals surface area contributed by atoms with Gasteiger partial charge in [-0.15, -0.1) is 0 Å². The number of benzene rings is 1. The molecule has 3 N–H and O–H groups in total. The molecule has 1 aromatic carbocycles. The summed E-state index contributed by atoms with van der Waals surface area (Å²) in [6, 6.07) is 2.46. The van der Waals surface area contributed by atoms with Crippen LogP contribution in [-0.4, -0.2) is 30.8 Å². The minimum absolute atomic E-state index is 0.0315. The lowest BCUT2D eigenvalue weighted by molar-refractivity contribution is 0.243. The van der Waals surface area contributed by atoms with Crippen LogP contribution >= 0.6 is 11.6 Å². The summed E-state index contributed by atoms with van der Waals surface area (Å²) in [5.74, 6) is -0.524. The summed E-state index contributed by atoms with van der Waals surface area (Å²) < 4.78 is 24.8. The van der Waals surface area contributed by atoms with Crippen molar-refractivity contribution >= 4 is 33.2 Å². The van der Waals surface area contributed by atoms with Crippen LogP contribution in [0.1, 0.15) is 46.0 Å². The minimum Gasteiger partial charge on any atom is -0.504 e. The molecule has 1 atom stereocenters. The fourth-order valence-electron chi connectivity index (χ4n) is 3.59. The third-order valence-corrected chi connectivity index (χ3v) is 7.99. The largest absolute Gasteiger partial charge is 0.504 e. The number of carbonyl (C=O) groups excluding carboxylic acids is 1. The van der Waals surface area contributed by atoms with Gasteiger partial charge >= 0.3 is 6.03 Å². The number of phenolic OH excluding ortho intramolecular Hbond substituents is 1. The number of hydrogen-bond donors (Lipinski definition) is 3. The standard InChI is InChI=1S/C17H23ClN2O4S/c1-10(2)25(23,24)15-11(18)5-6-12(14(15)21)19-16(22)20-13-4-3-7-17(13)8-9-17/h5-6,10,13,21H,3-4,7-9H2,1-2H3,(H2,19,20,22). The Morgan fingerprint density at radius 2 is 2.00 bits per heavy atom. The van der Waals surface area contributed by atoms with Gasteiger partial charge in [-0.1, -0.05) is 18.0 Å². The molecule has 8 heteroatoms. The zero-order valence-electron chi connectivity index (χ0n) is 14.3. The molecule has 0 saturated heterocycles. The summed E-state index contributed by atoms with van der Waals surface area (Å²) in [6.07, 6.45) is 5.48. The number of sulfone groups is 1. The van der Waals surface area contributed by atoms with Gasteiger partial charge in [-0.2, -0.15) is 0 Å². The van der Waals surface area contributed by atoms with Gasteiger partial charge in [0.2, 0.25) is 0 Å². The van der Waals surface area contributed by atoms with E-state index in [0.717, 1.165) is 32.1 Å². The highest BCUT2D eigenvalue weighted by molar-refractivity contribution is 7.92. The first-order chi connectivity index (χ1) is 11.7. The fourth-order valence-corrected chi connectivity index (χ4v) is 5.26. The first-order valence-corrected chi connectivity index (χ1v) is 10.4. The van der Waals surface area contributed by atoms with Gasteiger partial charge in [0, 0.05) is 6.04 Å². The second kappa shape index (κ2) is 6.36.